The highest BCUT2D eigenvalue weighted by molar-refractivity contribution is 5.56. The van der Waals surface area contributed by atoms with Crippen molar-refractivity contribution in [3.8, 4) is 11.5 Å². The highest BCUT2D eigenvalue weighted by atomic mass is 16.6. The van der Waals surface area contributed by atoms with Crippen molar-refractivity contribution in [1.82, 2.24) is 0 Å². The van der Waals surface area contributed by atoms with E-state index in [9.17, 15) is 10.1 Å². The lowest BCUT2D eigenvalue weighted by Crippen LogP contribution is -2.07. The second-order valence-electron chi connectivity index (χ2n) is 4.02. The summed E-state index contributed by atoms with van der Waals surface area (Å²) in [5.74, 6) is 6.02. The molecule has 2 aromatic carbocycles. The topological polar surface area (TPSA) is 111 Å². The number of nitrogens with two attached hydrogens (primary N) is 1. The monoisotopic (exact) mass is 275 g/mol. The Hall–Kier alpha value is -2.64. The molecule has 7 heteroatoms. The molecule has 0 bridgehead atoms. The van der Waals surface area contributed by atoms with Gasteiger partial charge in [0.05, 0.1) is 23.3 Å². The van der Waals surface area contributed by atoms with Gasteiger partial charge in [0.1, 0.15) is 11.5 Å². The quantitative estimate of drug-likeness (QED) is 0.438. The van der Waals surface area contributed by atoms with E-state index in [4.69, 9.17) is 15.7 Å². The third-order valence-electron chi connectivity index (χ3n) is 2.59. The molecule has 2 rings (SSSR count). The molecular weight excluding hydrogens is 262 g/mol. The molecular formula is C13H13N3O4. The van der Waals surface area contributed by atoms with E-state index in [0.29, 0.717) is 17.0 Å². The van der Waals surface area contributed by atoms with Gasteiger partial charge >= 0.3 is 0 Å². The Morgan fingerprint density at radius 3 is 2.70 bits per heavy atom. The van der Waals surface area contributed by atoms with E-state index in [2.05, 4.69) is 5.43 Å². The number of aliphatic hydroxyl groups is 1. The van der Waals surface area contributed by atoms with E-state index in [1.165, 1.54) is 12.1 Å². The van der Waals surface area contributed by atoms with Crippen LogP contribution < -0.4 is 16.0 Å². The van der Waals surface area contributed by atoms with Crippen LogP contribution in [0.4, 0.5) is 11.4 Å². The van der Waals surface area contributed by atoms with Crippen molar-refractivity contribution in [3.63, 3.8) is 0 Å². The summed E-state index contributed by atoms with van der Waals surface area (Å²) in [5, 5.41) is 19.9. The van der Waals surface area contributed by atoms with Gasteiger partial charge in [-0.2, -0.15) is 0 Å². The molecule has 7 nitrogen and oxygen atoms in total. The predicted octanol–water partition coefficient (Wildman–Crippen LogP) is 2.17. The van der Waals surface area contributed by atoms with Crippen molar-refractivity contribution in [2.45, 2.75) is 6.61 Å². The summed E-state index contributed by atoms with van der Waals surface area (Å²) >= 11 is 0. The Morgan fingerprint density at radius 1 is 1.25 bits per heavy atom. The fourth-order valence-corrected chi connectivity index (χ4v) is 1.67. The first-order valence-electron chi connectivity index (χ1n) is 5.76. The molecule has 20 heavy (non-hydrogen) atoms. The number of rotatable bonds is 5. The van der Waals surface area contributed by atoms with Crippen LogP contribution >= 0.6 is 0 Å². The van der Waals surface area contributed by atoms with Crippen molar-refractivity contribution in [2.24, 2.45) is 5.84 Å². The number of ether oxygens (including phenoxy) is 1. The zero-order valence-electron chi connectivity index (χ0n) is 10.4. The SMILES string of the molecule is NNc1cc(Oc2cccc(CO)c2)cc([N+](=O)[O-])c1. The standard InChI is InChI=1S/C13H13N3O4/c14-15-10-5-11(16(18)19)7-13(6-10)20-12-3-1-2-9(4-12)8-17/h1-7,15,17H,8,14H2. The average Bonchev–Trinajstić information content (AvgIpc) is 2.47. The number of nitrogens with zero attached hydrogens (tertiary/aromatic N) is 1. The number of aliphatic hydroxyl groups excluding tert-OH is 1. The first kappa shape index (κ1) is 13.8. The third kappa shape index (κ3) is 3.22. The summed E-state index contributed by atoms with van der Waals surface area (Å²) < 4.78 is 5.54. The second kappa shape index (κ2) is 6.00. The zero-order chi connectivity index (χ0) is 14.5. The second-order valence-corrected chi connectivity index (χ2v) is 4.02. The van der Waals surface area contributed by atoms with Crippen LogP contribution in [0.5, 0.6) is 11.5 Å². The normalized spacial score (nSPS) is 10.1. The Labute approximate surface area is 114 Å². The van der Waals surface area contributed by atoms with Gasteiger partial charge in [-0.15, -0.1) is 0 Å². The first-order chi connectivity index (χ1) is 9.62. The largest absolute Gasteiger partial charge is 0.457 e. The van der Waals surface area contributed by atoms with Gasteiger partial charge < -0.3 is 15.3 Å². The highest BCUT2D eigenvalue weighted by Gasteiger charge is 2.11. The fourth-order valence-electron chi connectivity index (χ4n) is 1.67. The van der Waals surface area contributed by atoms with E-state index in [0.717, 1.165) is 0 Å². The van der Waals surface area contributed by atoms with E-state index < -0.39 is 4.92 Å². The number of nitrogens with one attached hydrogen (secondary N) is 1. The van der Waals surface area contributed by atoms with Crippen LogP contribution in [0, 0.1) is 10.1 Å². The molecule has 0 heterocycles. The minimum absolute atomic E-state index is 0.109. The molecule has 0 aliphatic rings. The summed E-state index contributed by atoms with van der Waals surface area (Å²) in [4.78, 5) is 10.3. The molecule has 0 fully saturated rings. The minimum atomic E-state index is -0.530. The van der Waals surface area contributed by atoms with Gasteiger partial charge in [0, 0.05) is 12.1 Å². The van der Waals surface area contributed by atoms with Crippen molar-refractivity contribution in [3.05, 3.63) is 58.1 Å². The molecule has 4 N–H and O–H groups in total. The van der Waals surface area contributed by atoms with Crippen molar-refractivity contribution in [1.29, 1.82) is 0 Å². The number of hydrogen-bond donors (Lipinski definition) is 3. The van der Waals surface area contributed by atoms with Crippen LogP contribution in [-0.4, -0.2) is 10.0 Å². The maximum atomic E-state index is 10.8. The van der Waals surface area contributed by atoms with E-state index in [1.54, 1.807) is 30.3 Å². The third-order valence-corrected chi connectivity index (χ3v) is 2.59. The zero-order valence-corrected chi connectivity index (χ0v) is 10.4. The smallest absolute Gasteiger partial charge is 0.275 e. The van der Waals surface area contributed by atoms with Gasteiger partial charge in [-0.1, -0.05) is 12.1 Å². The van der Waals surface area contributed by atoms with Gasteiger partial charge in [0.15, 0.2) is 0 Å². The first-order valence-corrected chi connectivity index (χ1v) is 5.76. The molecule has 0 radical (unpaired) electrons. The van der Waals surface area contributed by atoms with Gasteiger partial charge in [-0.3, -0.25) is 16.0 Å². The lowest BCUT2D eigenvalue weighted by molar-refractivity contribution is -0.384. The number of benzene rings is 2. The van der Waals surface area contributed by atoms with Gasteiger partial charge in [0.25, 0.3) is 5.69 Å². The van der Waals surface area contributed by atoms with Crippen molar-refractivity contribution >= 4 is 11.4 Å². The number of non-ortho nitro benzene ring substituents is 1. The van der Waals surface area contributed by atoms with Crippen LogP contribution in [0.3, 0.4) is 0 Å². The van der Waals surface area contributed by atoms with Crippen molar-refractivity contribution < 1.29 is 14.8 Å². The maximum absolute atomic E-state index is 10.8. The Balaban J connectivity index is 2.32. The summed E-state index contributed by atoms with van der Waals surface area (Å²) in [6.45, 7) is -0.109. The van der Waals surface area contributed by atoms with Gasteiger partial charge in [-0.25, -0.2) is 0 Å². The van der Waals surface area contributed by atoms with Crippen LogP contribution in [0.2, 0.25) is 0 Å². The number of nitro groups is 1. The summed E-state index contributed by atoms with van der Waals surface area (Å²) in [6, 6.07) is 10.9. The Morgan fingerprint density at radius 2 is 2.05 bits per heavy atom. The molecule has 0 saturated heterocycles. The van der Waals surface area contributed by atoms with Crippen LogP contribution in [-0.2, 0) is 6.61 Å². The molecule has 0 amide bonds. The summed E-state index contributed by atoms with van der Waals surface area (Å²) in [5.41, 5.74) is 3.27. The molecule has 0 saturated carbocycles. The minimum Gasteiger partial charge on any atom is -0.457 e. The molecule has 2 aromatic rings. The molecule has 0 aliphatic carbocycles. The molecule has 0 spiro atoms. The van der Waals surface area contributed by atoms with E-state index >= 15 is 0 Å². The number of anilines is 1. The fraction of sp³-hybridized carbons (Fsp3) is 0.0769. The number of hydrogen-bond acceptors (Lipinski definition) is 6. The Bertz CT molecular complexity index is 631. The molecule has 0 unspecified atom stereocenters. The Kier molecular flexibility index (Phi) is 4.14. The number of nitrogen functional groups attached to an aromatic ring is 1. The van der Waals surface area contributed by atoms with Crippen LogP contribution in [0.25, 0.3) is 0 Å². The molecule has 0 aliphatic heterocycles. The number of nitro benzene ring substituents is 1. The van der Waals surface area contributed by atoms with Crippen LogP contribution in [0.15, 0.2) is 42.5 Å². The molecule has 0 atom stereocenters. The van der Waals surface area contributed by atoms with E-state index in [-0.39, 0.29) is 18.0 Å². The molecule has 0 aromatic heterocycles. The van der Waals surface area contributed by atoms with Crippen LogP contribution in [0.1, 0.15) is 5.56 Å². The van der Waals surface area contributed by atoms with Crippen molar-refractivity contribution in [2.75, 3.05) is 5.43 Å². The van der Waals surface area contributed by atoms with E-state index in [1.807, 2.05) is 0 Å². The predicted molar refractivity (Wildman–Crippen MR) is 73.3 cm³/mol. The molecule has 104 valence electrons. The maximum Gasteiger partial charge on any atom is 0.275 e. The highest BCUT2D eigenvalue weighted by Crippen LogP contribution is 2.29. The van der Waals surface area contributed by atoms with Gasteiger partial charge in [0.2, 0.25) is 0 Å². The van der Waals surface area contributed by atoms with Gasteiger partial charge in [-0.05, 0) is 17.7 Å². The summed E-state index contributed by atoms with van der Waals surface area (Å²) in [7, 11) is 0. The summed E-state index contributed by atoms with van der Waals surface area (Å²) in [6.07, 6.45) is 0. The number of hydrazine groups is 1. The lowest BCUT2D eigenvalue weighted by Gasteiger charge is -2.08. The lowest BCUT2D eigenvalue weighted by atomic mass is 10.2. The average molecular weight is 275 g/mol.